The molecule has 0 bridgehead atoms. The van der Waals surface area contributed by atoms with Crippen LogP contribution in [0.5, 0.6) is 5.75 Å². The van der Waals surface area contributed by atoms with Gasteiger partial charge in [0.05, 0.1) is 11.2 Å². The minimum absolute atomic E-state index is 0.0615. The second kappa shape index (κ2) is 4.89. The fourth-order valence-corrected chi connectivity index (χ4v) is 1.92. The van der Waals surface area contributed by atoms with Crippen LogP contribution in [0.2, 0.25) is 0 Å². The van der Waals surface area contributed by atoms with Gasteiger partial charge in [-0.25, -0.2) is 0 Å². The Balaban J connectivity index is 3.20. The highest BCUT2D eigenvalue weighted by atomic mass is 16.3. The van der Waals surface area contributed by atoms with Crippen LogP contribution >= 0.6 is 0 Å². The molecular weight excluding hydrogens is 200 g/mol. The lowest BCUT2D eigenvalue weighted by molar-refractivity contribution is 0.337. The molecule has 0 radical (unpaired) electrons. The number of nitrogens with zero attached hydrogens (tertiary/aromatic N) is 2. The van der Waals surface area contributed by atoms with Gasteiger partial charge in [-0.05, 0) is 33.6 Å². The van der Waals surface area contributed by atoms with E-state index in [2.05, 4.69) is 39.7 Å². The summed E-state index contributed by atoms with van der Waals surface area (Å²) < 4.78 is 1.98. The zero-order chi connectivity index (χ0) is 12.3. The van der Waals surface area contributed by atoms with Crippen molar-refractivity contribution in [2.75, 3.05) is 0 Å². The van der Waals surface area contributed by atoms with Crippen LogP contribution in [-0.2, 0) is 18.4 Å². The fourth-order valence-electron chi connectivity index (χ4n) is 1.92. The zero-order valence-electron chi connectivity index (χ0n) is 11.2. The van der Waals surface area contributed by atoms with Crippen molar-refractivity contribution in [1.29, 1.82) is 0 Å². The molecule has 0 atom stereocenters. The van der Waals surface area contributed by atoms with Gasteiger partial charge in [-0.2, -0.15) is 5.10 Å². The van der Waals surface area contributed by atoms with E-state index in [1.54, 1.807) is 0 Å². The van der Waals surface area contributed by atoms with Crippen LogP contribution in [0.3, 0.4) is 0 Å². The van der Waals surface area contributed by atoms with Crippen LogP contribution in [0.1, 0.15) is 58.8 Å². The van der Waals surface area contributed by atoms with Gasteiger partial charge in [0.1, 0.15) is 5.69 Å². The number of aryl methyl sites for hydroxylation is 1. The third kappa shape index (κ3) is 2.57. The zero-order valence-corrected chi connectivity index (χ0v) is 11.2. The van der Waals surface area contributed by atoms with Crippen molar-refractivity contribution in [1.82, 2.24) is 9.78 Å². The van der Waals surface area contributed by atoms with Crippen molar-refractivity contribution in [2.24, 2.45) is 0 Å². The molecule has 0 unspecified atom stereocenters. The van der Waals surface area contributed by atoms with Crippen molar-refractivity contribution < 1.29 is 5.11 Å². The van der Waals surface area contributed by atoms with Gasteiger partial charge in [-0.15, -0.1) is 0 Å². The van der Waals surface area contributed by atoms with E-state index >= 15 is 0 Å². The number of aromatic nitrogens is 2. The van der Waals surface area contributed by atoms with E-state index < -0.39 is 0 Å². The largest absolute Gasteiger partial charge is 0.504 e. The van der Waals surface area contributed by atoms with Crippen molar-refractivity contribution in [3.63, 3.8) is 0 Å². The molecule has 0 amide bonds. The molecule has 0 aromatic carbocycles. The van der Waals surface area contributed by atoms with E-state index in [0.29, 0.717) is 5.75 Å². The highest BCUT2D eigenvalue weighted by Gasteiger charge is 2.23. The van der Waals surface area contributed by atoms with E-state index in [0.717, 1.165) is 37.1 Å². The summed E-state index contributed by atoms with van der Waals surface area (Å²) in [6, 6.07) is 0. The molecule has 1 rings (SSSR count). The Kier molecular flexibility index (Phi) is 4.00. The average molecular weight is 224 g/mol. The summed E-state index contributed by atoms with van der Waals surface area (Å²) in [5.41, 5.74) is 1.77. The first-order valence-electron chi connectivity index (χ1n) is 6.22. The lowest BCUT2D eigenvalue weighted by Crippen LogP contribution is -2.25. The van der Waals surface area contributed by atoms with Crippen LogP contribution in [0, 0.1) is 0 Å². The Morgan fingerprint density at radius 2 is 1.69 bits per heavy atom. The predicted octanol–water partition coefficient (Wildman–Crippen LogP) is 3.25. The summed E-state index contributed by atoms with van der Waals surface area (Å²) in [5.74, 6) is 0.415. The molecule has 1 heterocycles. The lowest BCUT2D eigenvalue weighted by Gasteiger charge is -2.22. The Morgan fingerprint density at radius 3 is 2.12 bits per heavy atom. The summed E-state index contributed by atoms with van der Waals surface area (Å²) in [7, 11) is 0. The Bertz CT molecular complexity index is 348. The Morgan fingerprint density at radius 1 is 1.12 bits per heavy atom. The third-order valence-electron chi connectivity index (χ3n) is 2.63. The molecule has 0 aliphatic rings. The molecule has 3 nitrogen and oxygen atoms in total. The Hall–Kier alpha value is -0.990. The topological polar surface area (TPSA) is 38.0 Å². The fraction of sp³-hybridized carbons (Fsp3) is 0.769. The maximum Gasteiger partial charge on any atom is 0.160 e. The van der Waals surface area contributed by atoms with Crippen LogP contribution in [-0.4, -0.2) is 14.9 Å². The number of hydrogen-bond donors (Lipinski definition) is 1. The summed E-state index contributed by atoms with van der Waals surface area (Å²) in [5, 5.41) is 14.7. The second-order valence-corrected chi connectivity index (χ2v) is 5.32. The van der Waals surface area contributed by atoms with Crippen LogP contribution < -0.4 is 0 Å². The molecule has 1 aromatic heterocycles. The Labute approximate surface area is 98.5 Å². The van der Waals surface area contributed by atoms with Gasteiger partial charge in [0.15, 0.2) is 5.75 Å². The molecule has 0 aliphatic heterocycles. The quantitative estimate of drug-likeness (QED) is 0.852. The van der Waals surface area contributed by atoms with Gasteiger partial charge < -0.3 is 5.11 Å². The lowest BCUT2D eigenvalue weighted by atomic mass is 10.1. The highest BCUT2D eigenvalue weighted by Crippen LogP contribution is 2.29. The first kappa shape index (κ1) is 13.1. The molecule has 92 valence electrons. The smallest absolute Gasteiger partial charge is 0.160 e. The number of hydrogen-bond acceptors (Lipinski definition) is 2. The maximum absolute atomic E-state index is 10.2. The molecule has 1 aromatic rings. The third-order valence-corrected chi connectivity index (χ3v) is 2.63. The number of rotatable bonds is 4. The first-order valence-corrected chi connectivity index (χ1v) is 6.22. The first-order chi connectivity index (χ1) is 7.41. The van der Waals surface area contributed by atoms with E-state index in [1.165, 1.54) is 0 Å². The molecule has 0 spiro atoms. The average Bonchev–Trinajstić information content (AvgIpc) is 2.47. The molecule has 0 aliphatic carbocycles. The summed E-state index contributed by atoms with van der Waals surface area (Å²) in [6.07, 6.45) is 3.78. The van der Waals surface area contributed by atoms with Crippen molar-refractivity contribution >= 4 is 0 Å². The van der Waals surface area contributed by atoms with E-state index in [-0.39, 0.29) is 5.54 Å². The van der Waals surface area contributed by atoms with Crippen molar-refractivity contribution in [2.45, 2.75) is 65.8 Å². The van der Waals surface area contributed by atoms with Crippen molar-refractivity contribution in [3.05, 3.63) is 11.4 Å². The van der Waals surface area contributed by atoms with Gasteiger partial charge >= 0.3 is 0 Å². The molecular formula is C13H24N2O. The molecule has 0 saturated carbocycles. The van der Waals surface area contributed by atoms with Crippen LogP contribution in [0.4, 0.5) is 0 Å². The van der Waals surface area contributed by atoms with E-state index in [4.69, 9.17) is 0 Å². The van der Waals surface area contributed by atoms with Gasteiger partial charge in [0, 0.05) is 0 Å². The molecule has 3 heteroatoms. The van der Waals surface area contributed by atoms with Gasteiger partial charge in [0.25, 0.3) is 0 Å². The van der Waals surface area contributed by atoms with Gasteiger partial charge in [-0.1, -0.05) is 26.7 Å². The molecule has 0 saturated heterocycles. The summed E-state index contributed by atoms with van der Waals surface area (Å²) in [4.78, 5) is 0. The predicted molar refractivity (Wildman–Crippen MR) is 66.9 cm³/mol. The monoisotopic (exact) mass is 224 g/mol. The van der Waals surface area contributed by atoms with Crippen molar-refractivity contribution in [3.8, 4) is 5.75 Å². The van der Waals surface area contributed by atoms with Crippen LogP contribution in [0.15, 0.2) is 0 Å². The maximum atomic E-state index is 10.2. The van der Waals surface area contributed by atoms with Gasteiger partial charge in [0.2, 0.25) is 0 Å². The minimum Gasteiger partial charge on any atom is -0.504 e. The summed E-state index contributed by atoms with van der Waals surface area (Å²) >= 11 is 0. The normalized spacial score (nSPS) is 12.1. The minimum atomic E-state index is -0.0615. The van der Waals surface area contributed by atoms with Gasteiger partial charge in [-0.3, -0.25) is 4.68 Å². The SMILES string of the molecule is CCCc1nn(C(C)(C)C)c(CCC)c1O. The molecule has 16 heavy (non-hydrogen) atoms. The molecule has 1 N–H and O–H groups in total. The number of aromatic hydroxyl groups is 1. The second-order valence-electron chi connectivity index (χ2n) is 5.32. The van der Waals surface area contributed by atoms with E-state index in [9.17, 15) is 5.11 Å². The highest BCUT2D eigenvalue weighted by molar-refractivity contribution is 5.33. The molecule has 0 fully saturated rings. The summed E-state index contributed by atoms with van der Waals surface area (Å²) in [6.45, 7) is 10.6. The standard InChI is InChI=1S/C13H24N2O/c1-6-8-10-12(16)11(9-7-2)15(14-10)13(3,4)5/h16H,6-9H2,1-5H3. The van der Waals surface area contributed by atoms with E-state index in [1.807, 2.05) is 4.68 Å². The van der Waals surface area contributed by atoms with Crippen LogP contribution in [0.25, 0.3) is 0 Å².